The van der Waals surface area contributed by atoms with Crippen molar-refractivity contribution in [3.05, 3.63) is 23.3 Å². The Balaban J connectivity index is 1.61. The highest BCUT2D eigenvalue weighted by atomic mass is 17.1. The van der Waals surface area contributed by atoms with Crippen LogP contribution in [0.15, 0.2) is 23.3 Å². The zero-order valence-corrected chi connectivity index (χ0v) is 22.6. The number of allylic oxidation sites excluding steroid dienone is 3. The maximum atomic E-state index is 10.8. The van der Waals surface area contributed by atoms with E-state index in [2.05, 4.69) is 52.5 Å². The van der Waals surface area contributed by atoms with Crippen molar-refractivity contribution in [3.63, 3.8) is 0 Å². The Kier molecular flexibility index (Phi) is 6.33. The lowest BCUT2D eigenvalue weighted by atomic mass is 9.43. The molecule has 4 aliphatic carbocycles. The predicted octanol–water partition coefficient (Wildman–Crippen LogP) is 7.95. The van der Waals surface area contributed by atoms with Crippen LogP contribution in [0, 0.1) is 39.4 Å². The van der Waals surface area contributed by atoms with E-state index >= 15 is 0 Å². The third-order valence-electron chi connectivity index (χ3n) is 11.7. The van der Waals surface area contributed by atoms with Crippen LogP contribution in [0.1, 0.15) is 113 Å². The fourth-order valence-corrected chi connectivity index (χ4v) is 9.39. The zero-order valence-electron chi connectivity index (χ0n) is 22.6. The molecule has 2 saturated carbocycles. The van der Waals surface area contributed by atoms with E-state index in [4.69, 9.17) is 5.26 Å². The van der Waals surface area contributed by atoms with Crippen LogP contribution in [0.3, 0.4) is 0 Å². The monoisotopic (exact) mass is 458 g/mol. The van der Waals surface area contributed by atoms with Crippen LogP contribution in [0.2, 0.25) is 0 Å². The van der Waals surface area contributed by atoms with Gasteiger partial charge in [-0.05, 0) is 111 Å². The molecule has 7 atom stereocenters. The lowest BCUT2D eigenvalue weighted by molar-refractivity contribution is -0.297. The number of hydrogen-bond acceptors (Lipinski definition) is 3. The molecule has 0 spiro atoms. The first-order chi connectivity index (χ1) is 15.2. The van der Waals surface area contributed by atoms with E-state index in [1.165, 1.54) is 38.5 Å². The van der Waals surface area contributed by atoms with Gasteiger partial charge >= 0.3 is 0 Å². The van der Waals surface area contributed by atoms with E-state index in [9.17, 15) is 5.11 Å². The van der Waals surface area contributed by atoms with Gasteiger partial charge in [0.2, 0.25) is 0 Å². The molecule has 0 aliphatic heterocycles. The first-order valence-corrected chi connectivity index (χ1v) is 13.6. The Labute approximate surface area is 203 Å². The normalized spacial score (nSPS) is 43.9. The molecule has 0 aromatic rings. The molecule has 3 nitrogen and oxygen atoms in total. The average molecular weight is 459 g/mol. The summed E-state index contributed by atoms with van der Waals surface area (Å²) in [6.45, 7) is 18.6. The molecule has 4 aliphatic rings. The summed E-state index contributed by atoms with van der Waals surface area (Å²) in [5.74, 6) is 1.95. The Bertz CT molecular complexity index is 822. The fourth-order valence-electron chi connectivity index (χ4n) is 9.39. The molecule has 0 amide bonds. The largest absolute Gasteiger partial charge is 0.393 e. The summed E-state index contributed by atoms with van der Waals surface area (Å²) in [7, 11) is 0. The lowest BCUT2D eigenvalue weighted by Crippen LogP contribution is -2.55. The third-order valence-corrected chi connectivity index (χ3v) is 11.7. The minimum atomic E-state index is -0.617. The van der Waals surface area contributed by atoms with Crippen molar-refractivity contribution in [1.29, 1.82) is 0 Å². The fraction of sp³-hybridized carbons (Fsp3) is 0.867. The molecule has 0 aromatic heterocycles. The van der Waals surface area contributed by atoms with Crippen LogP contribution < -0.4 is 0 Å². The van der Waals surface area contributed by atoms with Crippen molar-refractivity contribution < 1.29 is 15.3 Å². The summed E-state index contributed by atoms with van der Waals surface area (Å²) in [4.78, 5) is 4.59. The molecule has 0 saturated heterocycles. The molecule has 4 rings (SSSR count). The van der Waals surface area contributed by atoms with Gasteiger partial charge in [0.1, 0.15) is 5.60 Å². The minimum Gasteiger partial charge on any atom is -0.393 e. The molecular formula is C30H50O3. The van der Waals surface area contributed by atoms with E-state index in [1.807, 2.05) is 25.5 Å². The maximum Gasteiger partial charge on any atom is 0.116 e. The molecule has 0 unspecified atom stereocenters. The third kappa shape index (κ3) is 3.71. The van der Waals surface area contributed by atoms with Gasteiger partial charge in [0.15, 0.2) is 0 Å². The number of aliphatic hydroxyl groups is 1. The summed E-state index contributed by atoms with van der Waals surface area (Å²) in [6.07, 6.45) is 14.9. The van der Waals surface area contributed by atoms with Crippen LogP contribution in [-0.4, -0.2) is 22.1 Å². The van der Waals surface area contributed by atoms with Gasteiger partial charge in [-0.15, -0.1) is 0 Å². The van der Waals surface area contributed by atoms with Crippen molar-refractivity contribution in [1.82, 2.24) is 0 Å². The predicted molar refractivity (Wildman–Crippen MR) is 136 cm³/mol. The molecular weight excluding hydrogens is 408 g/mol. The molecule has 2 fully saturated rings. The van der Waals surface area contributed by atoms with Gasteiger partial charge in [0.25, 0.3) is 0 Å². The summed E-state index contributed by atoms with van der Waals surface area (Å²) >= 11 is 0. The molecule has 3 heteroatoms. The van der Waals surface area contributed by atoms with Crippen LogP contribution in [-0.2, 0) is 4.89 Å². The first-order valence-electron chi connectivity index (χ1n) is 13.6. The van der Waals surface area contributed by atoms with E-state index in [-0.39, 0.29) is 16.9 Å². The van der Waals surface area contributed by atoms with Crippen molar-refractivity contribution in [2.24, 2.45) is 39.4 Å². The van der Waals surface area contributed by atoms with Gasteiger partial charge in [-0.1, -0.05) is 64.8 Å². The van der Waals surface area contributed by atoms with Gasteiger partial charge in [0.05, 0.1) is 6.10 Å². The summed E-state index contributed by atoms with van der Waals surface area (Å²) in [5.41, 5.74) is 3.95. The van der Waals surface area contributed by atoms with Crippen LogP contribution in [0.4, 0.5) is 0 Å². The van der Waals surface area contributed by atoms with Crippen molar-refractivity contribution in [2.75, 3.05) is 0 Å². The average Bonchev–Trinajstić information content (AvgIpc) is 3.02. The topological polar surface area (TPSA) is 49.7 Å². The number of fused-ring (bicyclic) bond motifs is 4. The Hall–Kier alpha value is -0.640. The van der Waals surface area contributed by atoms with Gasteiger partial charge in [-0.2, -0.15) is 0 Å². The van der Waals surface area contributed by atoms with Crippen molar-refractivity contribution >= 4 is 0 Å². The number of rotatable bonds is 5. The Morgan fingerprint density at radius 2 is 1.70 bits per heavy atom. The highest BCUT2D eigenvalue weighted by molar-refractivity contribution is 5.38. The first kappa shape index (κ1) is 25.5. The van der Waals surface area contributed by atoms with E-state index < -0.39 is 5.60 Å². The van der Waals surface area contributed by atoms with Crippen molar-refractivity contribution in [3.8, 4) is 0 Å². The molecule has 0 radical (unpaired) electrons. The highest BCUT2D eigenvalue weighted by Crippen LogP contribution is 2.72. The van der Waals surface area contributed by atoms with Crippen LogP contribution in [0.5, 0.6) is 0 Å². The molecule has 188 valence electrons. The zero-order chi connectivity index (χ0) is 24.4. The quantitative estimate of drug-likeness (QED) is 0.250. The van der Waals surface area contributed by atoms with Gasteiger partial charge in [-0.3, -0.25) is 5.26 Å². The molecule has 33 heavy (non-hydrogen) atoms. The standard InChI is InChI=1S/C30H50O3/c1-20(10-9-16-26(2,3)33-32)21-13-18-30(8)23-11-12-24-27(4,5)25(31)15-17-28(24,6)22(23)14-19-29(21,30)7/h9,16,20-21,24-25,31-32H,10-15,17-19H2,1-8H3/b16-9+/t20-,21-,24+,25+,28-,29-,30+/m1/s1. The number of aliphatic hydroxyl groups excluding tert-OH is 1. The second kappa shape index (κ2) is 8.20. The van der Waals surface area contributed by atoms with Gasteiger partial charge < -0.3 is 5.11 Å². The van der Waals surface area contributed by atoms with Crippen molar-refractivity contribution in [2.45, 2.75) is 125 Å². The maximum absolute atomic E-state index is 10.8. The second-order valence-corrected chi connectivity index (χ2v) is 14.0. The van der Waals surface area contributed by atoms with Gasteiger partial charge in [-0.25, -0.2) is 4.89 Å². The summed E-state index contributed by atoms with van der Waals surface area (Å²) in [5, 5.41) is 19.9. The highest BCUT2D eigenvalue weighted by Gasteiger charge is 2.63. The molecule has 0 heterocycles. The summed E-state index contributed by atoms with van der Waals surface area (Å²) in [6, 6.07) is 0. The van der Waals surface area contributed by atoms with E-state index in [1.54, 1.807) is 5.57 Å². The lowest BCUT2D eigenvalue weighted by Gasteiger charge is -2.62. The molecule has 2 N–H and O–H groups in total. The number of hydrogen-bond donors (Lipinski definition) is 2. The van der Waals surface area contributed by atoms with Crippen LogP contribution >= 0.6 is 0 Å². The SMILES string of the molecule is C[C@H](C/C=C/C(C)(C)OO)[C@H]1CC[C@@]2(C)C3=C(CC[C@]12C)[C@@]1(C)CC[C@H](O)C(C)(C)[C@@H]1CC3. The Morgan fingerprint density at radius 3 is 2.36 bits per heavy atom. The Morgan fingerprint density at radius 1 is 1.00 bits per heavy atom. The second-order valence-electron chi connectivity index (χ2n) is 14.0. The van der Waals surface area contributed by atoms with Gasteiger partial charge in [0, 0.05) is 0 Å². The molecule has 0 bridgehead atoms. The minimum absolute atomic E-state index is 0.0122. The van der Waals surface area contributed by atoms with E-state index in [0.29, 0.717) is 22.7 Å². The molecule has 0 aromatic carbocycles. The smallest absolute Gasteiger partial charge is 0.116 e. The van der Waals surface area contributed by atoms with E-state index in [0.717, 1.165) is 25.2 Å². The summed E-state index contributed by atoms with van der Waals surface area (Å²) < 4.78 is 0. The van der Waals surface area contributed by atoms with Crippen LogP contribution in [0.25, 0.3) is 0 Å².